The average molecular weight is 346 g/mol. The molecule has 0 aromatic heterocycles. The zero-order valence-electron chi connectivity index (χ0n) is 15.8. The van der Waals surface area contributed by atoms with Gasteiger partial charge in [-0.25, -0.2) is 4.99 Å². The molecule has 0 spiro atoms. The summed E-state index contributed by atoms with van der Waals surface area (Å²) in [5.41, 5.74) is 2.25. The summed E-state index contributed by atoms with van der Waals surface area (Å²) in [5.74, 6) is 1.91. The number of hydrogen-bond acceptors (Lipinski definition) is 3. The van der Waals surface area contributed by atoms with E-state index in [1.807, 2.05) is 30.9 Å². The summed E-state index contributed by atoms with van der Waals surface area (Å²) in [7, 11) is 1.68. The minimum Gasteiger partial charge on any atom is -0.496 e. The SMILES string of the molecule is CCNC(=NCc1ccc(OC)c(C)c1)NC1CCN(C(=O)CC)C1. The van der Waals surface area contributed by atoms with Crippen molar-refractivity contribution in [2.24, 2.45) is 4.99 Å². The van der Waals surface area contributed by atoms with E-state index in [-0.39, 0.29) is 11.9 Å². The molecule has 1 aliphatic rings. The van der Waals surface area contributed by atoms with Crippen molar-refractivity contribution in [3.05, 3.63) is 29.3 Å². The minimum atomic E-state index is 0.222. The van der Waals surface area contributed by atoms with E-state index < -0.39 is 0 Å². The van der Waals surface area contributed by atoms with Crippen molar-refractivity contribution in [3.63, 3.8) is 0 Å². The highest BCUT2D eigenvalue weighted by atomic mass is 16.5. The predicted octanol–water partition coefficient (Wildman–Crippen LogP) is 2.07. The molecule has 0 aliphatic carbocycles. The van der Waals surface area contributed by atoms with E-state index in [2.05, 4.69) is 28.6 Å². The number of nitrogens with one attached hydrogen (secondary N) is 2. The third kappa shape index (κ3) is 5.37. The lowest BCUT2D eigenvalue weighted by molar-refractivity contribution is -0.129. The summed E-state index contributed by atoms with van der Waals surface area (Å²) in [6.07, 6.45) is 1.52. The second kappa shape index (κ2) is 9.30. The van der Waals surface area contributed by atoms with Crippen LogP contribution in [0.4, 0.5) is 0 Å². The zero-order chi connectivity index (χ0) is 18.2. The second-order valence-electron chi connectivity index (χ2n) is 6.32. The first-order valence-electron chi connectivity index (χ1n) is 9.03. The fourth-order valence-corrected chi connectivity index (χ4v) is 3.05. The summed E-state index contributed by atoms with van der Waals surface area (Å²) in [6.45, 7) is 8.97. The molecule has 6 heteroatoms. The van der Waals surface area contributed by atoms with E-state index >= 15 is 0 Å². The van der Waals surface area contributed by atoms with Gasteiger partial charge < -0.3 is 20.3 Å². The lowest BCUT2D eigenvalue weighted by Crippen LogP contribution is -2.45. The Balaban J connectivity index is 1.97. The van der Waals surface area contributed by atoms with E-state index in [0.717, 1.165) is 48.9 Å². The lowest BCUT2D eigenvalue weighted by atomic mass is 10.1. The van der Waals surface area contributed by atoms with Gasteiger partial charge in [-0.15, -0.1) is 0 Å². The van der Waals surface area contributed by atoms with Gasteiger partial charge >= 0.3 is 0 Å². The van der Waals surface area contributed by atoms with Gasteiger partial charge in [0, 0.05) is 32.1 Å². The molecule has 1 atom stereocenters. The van der Waals surface area contributed by atoms with Crippen molar-refractivity contribution in [1.29, 1.82) is 0 Å². The Morgan fingerprint density at radius 2 is 2.20 bits per heavy atom. The number of methoxy groups -OCH3 is 1. The molecule has 0 radical (unpaired) electrons. The molecular weight excluding hydrogens is 316 g/mol. The van der Waals surface area contributed by atoms with Gasteiger partial charge in [0.15, 0.2) is 5.96 Å². The topological polar surface area (TPSA) is 66.0 Å². The van der Waals surface area contributed by atoms with Crippen LogP contribution in [0.3, 0.4) is 0 Å². The third-order valence-electron chi connectivity index (χ3n) is 4.41. The molecule has 25 heavy (non-hydrogen) atoms. The Labute approximate surface area is 150 Å². The van der Waals surface area contributed by atoms with Crippen LogP contribution in [0, 0.1) is 6.92 Å². The van der Waals surface area contributed by atoms with Gasteiger partial charge in [-0.2, -0.15) is 0 Å². The van der Waals surface area contributed by atoms with Crippen molar-refractivity contribution < 1.29 is 9.53 Å². The number of aliphatic imine (C=N–C) groups is 1. The summed E-state index contributed by atoms with van der Waals surface area (Å²) in [5, 5.41) is 6.74. The van der Waals surface area contributed by atoms with Gasteiger partial charge in [0.05, 0.1) is 13.7 Å². The molecule has 1 aliphatic heterocycles. The van der Waals surface area contributed by atoms with Gasteiger partial charge in [0.1, 0.15) is 5.75 Å². The number of benzene rings is 1. The highest BCUT2D eigenvalue weighted by Crippen LogP contribution is 2.19. The number of hydrogen-bond donors (Lipinski definition) is 2. The number of aryl methyl sites for hydroxylation is 1. The Kier molecular flexibility index (Phi) is 7.10. The van der Waals surface area contributed by atoms with Crippen LogP contribution in [0.5, 0.6) is 5.75 Å². The maximum Gasteiger partial charge on any atom is 0.222 e. The number of carbonyl (C=O) groups excluding carboxylic acids is 1. The summed E-state index contributed by atoms with van der Waals surface area (Å²) >= 11 is 0. The van der Waals surface area contributed by atoms with Crippen LogP contribution in [0.2, 0.25) is 0 Å². The Morgan fingerprint density at radius 3 is 2.84 bits per heavy atom. The quantitative estimate of drug-likeness (QED) is 0.611. The number of rotatable bonds is 6. The molecule has 2 rings (SSSR count). The van der Waals surface area contributed by atoms with Crippen molar-refractivity contribution in [2.45, 2.75) is 46.2 Å². The molecule has 0 bridgehead atoms. The predicted molar refractivity (Wildman–Crippen MR) is 101 cm³/mol. The second-order valence-corrected chi connectivity index (χ2v) is 6.32. The number of amides is 1. The number of guanidine groups is 1. The molecule has 1 saturated heterocycles. The van der Waals surface area contributed by atoms with Crippen LogP contribution >= 0.6 is 0 Å². The van der Waals surface area contributed by atoms with E-state index in [1.54, 1.807) is 7.11 Å². The first-order chi connectivity index (χ1) is 12.1. The van der Waals surface area contributed by atoms with Gasteiger partial charge in [-0.3, -0.25) is 4.79 Å². The van der Waals surface area contributed by atoms with Gasteiger partial charge in [0.2, 0.25) is 5.91 Å². The van der Waals surface area contributed by atoms with Crippen molar-refractivity contribution in [1.82, 2.24) is 15.5 Å². The molecular formula is C19H30N4O2. The Bertz CT molecular complexity index is 615. The maximum absolute atomic E-state index is 11.8. The molecule has 138 valence electrons. The van der Waals surface area contributed by atoms with Crippen molar-refractivity contribution >= 4 is 11.9 Å². The molecule has 0 saturated carbocycles. The van der Waals surface area contributed by atoms with Crippen LogP contribution < -0.4 is 15.4 Å². The van der Waals surface area contributed by atoms with Crippen LogP contribution in [0.1, 0.15) is 37.8 Å². The van der Waals surface area contributed by atoms with Gasteiger partial charge in [-0.1, -0.05) is 19.1 Å². The standard InChI is InChI=1S/C19H30N4O2/c1-5-18(24)23-10-9-16(13-23)22-19(20-6-2)21-12-15-7-8-17(25-4)14(3)11-15/h7-8,11,16H,5-6,9-10,12-13H2,1-4H3,(H2,20,21,22). The first kappa shape index (κ1) is 19.1. The molecule has 1 aromatic carbocycles. The van der Waals surface area contributed by atoms with Crippen molar-refractivity contribution in [2.75, 3.05) is 26.7 Å². The number of likely N-dealkylation sites (tertiary alicyclic amines) is 1. The van der Waals surface area contributed by atoms with E-state index in [9.17, 15) is 4.79 Å². The van der Waals surface area contributed by atoms with E-state index in [1.165, 1.54) is 0 Å². The van der Waals surface area contributed by atoms with Crippen LogP contribution in [0.25, 0.3) is 0 Å². The maximum atomic E-state index is 11.8. The van der Waals surface area contributed by atoms with Crippen molar-refractivity contribution in [3.8, 4) is 5.75 Å². The molecule has 6 nitrogen and oxygen atoms in total. The smallest absolute Gasteiger partial charge is 0.222 e. The molecule has 1 unspecified atom stereocenters. The Morgan fingerprint density at radius 1 is 1.40 bits per heavy atom. The Hall–Kier alpha value is -2.24. The lowest BCUT2D eigenvalue weighted by Gasteiger charge is -2.18. The van der Waals surface area contributed by atoms with Gasteiger partial charge in [0.25, 0.3) is 0 Å². The molecule has 1 heterocycles. The largest absolute Gasteiger partial charge is 0.496 e. The average Bonchev–Trinajstić information content (AvgIpc) is 3.08. The highest BCUT2D eigenvalue weighted by Gasteiger charge is 2.25. The number of carbonyl (C=O) groups is 1. The van der Waals surface area contributed by atoms with E-state index in [4.69, 9.17) is 4.74 Å². The minimum absolute atomic E-state index is 0.222. The van der Waals surface area contributed by atoms with Crippen LogP contribution in [-0.2, 0) is 11.3 Å². The first-order valence-corrected chi connectivity index (χ1v) is 9.03. The molecule has 1 amide bonds. The fourth-order valence-electron chi connectivity index (χ4n) is 3.05. The summed E-state index contributed by atoms with van der Waals surface area (Å²) in [6, 6.07) is 6.37. The van der Waals surface area contributed by atoms with Crippen LogP contribution in [0.15, 0.2) is 23.2 Å². The van der Waals surface area contributed by atoms with Crippen LogP contribution in [-0.4, -0.2) is 49.6 Å². The number of ether oxygens (including phenoxy) is 1. The number of nitrogens with zero attached hydrogens (tertiary/aromatic N) is 2. The normalized spacial score (nSPS) is 17.5. The monoisotopic (exact) mass is 346 g/mol. The summed E-state index contributed by atoms with van der Waals surface area (Å²) < 4.78 is 5.30. The van der Waals surface area contributed by atoms with Gasteiger partial charge in [-0.05, 0) is 37.5 Å². The zero-order valence-corrected chi connectivity index (χ0v) is 15.8. The fraction of sp³-hybridized carbons (Fsp3) is 0.579. The third-order valence-corrected chi connectivity index (χ3v) is 4.41. The molecule has 1 aromatic rings. The highest BCUT2D eigenvalue weighted by molar-refractivity contribution is 5.80. The summed E-state index contributed by atoms with van der Waals surface area (Å²) in [4.78, 5) is 18.4. The van der Waals surface area contributed by atoms with E-state index in [0.29, 0.717) is 13.0 Å². The molecule has 1 fully saturated rings. The molecule has 2 N–H and O–H groups in total.